The Balaban J connectivity index is 2.44. The van der Waals surface area contributed by atoms with Gasteiger partial charge in [-0.1, -0.05) is 6.92 Å². The quantitative estimate of drug-likeness (QED) is 0.607. The highest BCUT2D eigenvalue weighted by atomic mass is 16.4. The molecule has 0 spiro atoms. The SMILES string of the molecule is C[C@@H]1CN(CCN)C[C@H]1C(=O)O. The van der Waals surface area contributed by atoms with Crippen LogP contribution in [0.1, 0.15) is 6.92 Å². The molecule has 0 radical (unpaired) electrons. The first kappa shape index (κ1) is 9.48. The highest BCUT2D eigenvalue weighted by Gasteiger charge is 2.33. The molecule has 0 aromatic carbocycles. The van der Waals surface area contributed by atoms with E-state index in [9.17, 15) is 4.79 Å². The largest absolute Gasteiger partial charge is 0.481 e. The van der Waals surface area contributed by atoms with Crippen LogP contribution in [0.2, 0.25) is 0 Å². The molecule has 1 fully saturated rings. The Morgan fingerprint density at radius 3 is 2.75 bits per heavy atom. The molecule has 12 heavy (non-hydrogen) atoms. The van der Waals surface area contributed by atoms with Gasteiger partial charge in [-0.05, 0) is 5.92 Å². The molecule has 1 aliphatic rings. The van der Waals surface area contributed by atoms with Gasteiger partial charge in [-0.2, -0.15) is 0 Å². The summed E-state index contributed by atoms with van der Waals surface area (Å²) in [7, 11) is 0. The summed E-state index contributed by atoms with van der Waals surface area (Å²) in [5.74, 6) is -0.618. The monoisotopic (exact) mass is 172 g/mol. The summed E-state index contributed by atoms with van der Waals surface area (Å²) in [6.45, 7) is 4.93. The summed E-state index contributed by atoms with van der Waals surface area (Å²) in [4.78, 5) is 12.8. The van der Waals surface area contributed by atoms with Gasteiger partial charge in [0.25, 0.3) is 0 Å². The maximum Gasteiger partial charge on any atom is 0.308 e. The summed E-state index contributed by atoms with van der Waals surface area (Å²) in [6.07, 6.45) is 0. The molecule has 0 unspecified atom stereocenters. The number of hydrogen-bond acceptors (Lipinski definition) is 3. The Morgan fingerprint density at radius 2 is 2.33 bits per heavy atom. The second-order valence-corrected chi connectivity index (χ2v) is 3.47. The molecule has 2 atom stereocenters. The van der Waals surface area contributed by atoms with Crippen LogP contribution in [0.15, 0.2) is 0 Å². The zero-order valence-electron chi connectivity index (χ0n) is 7.36. The fourth-order valence-corrected chi connectivity index (χ4v) is 1.75. The van der Waals surface area contributed by atoms with Gasteiger partial charge in [0.2, 0.25) is 0 Å². The predicted octanol–water partition coefficient (Wildman–Crippen LogP) is -0.402. The average Bonchev–Trinajstić information content (AvgIpc) is 2.32. The van der Waals surface area contributed by atoms with Crippen LogP contribution in [0.3, 0.4) is 0 Å². The molecule has 1 saturated heterocycles. The van der Waals surface area contributed by atoms with Crippen LogP contribution in [0.4, 0.5) is 0 Å². The molecule has 3 N–H and O–H groups in total. The van der Waals surface area contributed by atoms with Crippen LogP contribution in [-0.2, 0) is 4.79 Å². The molecule has 0 saturated carbocycles. The molecule has 4 heteroatoms. The molecular weight excluding hydrogens is 156 g/mol. The van der Waals surface area contributed by atoms with E-state index in [1.165, 1.54) is 0 Å². The van der Waals surface area contributed by atoms with E-state index in [1.807, 2.05) is 6.92 Å². The van der Waals surface area contributed by atoms with E-state index in [0.29, 0.717) is 13.1 Å². The summed E-state index contributed by atoms with van der Waals surface area (Å²) < 4.78 is 0. The summed E-state index contributed by atoms with van der Waals surface area (Å²) in [6, 6.07) is 0. The minimum absolute atomic E-state index is 0.198. The van der Waals surface area contributed by atoms with Gasteiger partial charge in [0, 0.05) is 26.2 Å². The van der Waals surface area contributed by atoms with Crippen molar-refractivity contribution < 1.29 is 9.90 Å². The summed E-state index contributed by atoms with van der Waals surface area (Å²) in [5, 5.41) is 8.81. The number of carbonyl (C=O) groups is 1. The Hall–Kier alpha value is -0.610. The van der Waals surface area contributed by atoms with Gasteiger partial charge in [-0.25, -0.2) is 0 Å². The third kappa shape index (κ3) is 1.95. The van der Waals surface area contributed by atoms with E-state index in [1.54, 1.807) is 0 Å². The molecule has 4 nitrogen and oxygen atoms in total. The van der Waals surface area contributed by atoms with E-state index in [4.69, 9.17) is 10.8 Å². The lowest BCUT2D eigenvalue weighted by molar-refractivity contribution is -0.142. The van der Waals surface area contributed by atoms with Crippen LogP contribution in [0.5, 0.6) is 0 Å². The van der Waals surface area contributed by atoms with Crippen molar-refractivity contribution in [3.8, 4) is 0 Å². The predicted molar refractivity (Wildman–Crippen MR) is 45.8 cm³/mol. The van der Waals surface area contributed by atoms with Crippen molar-refractivity contribution in [3.63, 3.8) is 0 Å². The number of aliphatic carboxylic acids is 1. The molecule has 0 amide bonds. The van der Waals surface area contributed by atoms with Crippen molar-refractivity contribution in [2.24, 2.45) is 17.6 Å². The first-order valence-corrected chi connectivity index (χ1v) is 4.30. The molecule has 1 heterocycles. The normalized spacial score (nSPS) is 30.8. The molecule has 0 aromatic heterocycles. The van der Waals surface area contributed by atoms with Gasteiger partial charge in [-0.3, -0.25) is 4.79 Å². The number of nitrogens with two attached hydrogens (primary N) is 1. The van der Waals surface area contributed by atoms with E-state index < -0.39 is 5.97 Å². The van der Waals surface area contributed by atoms with Gasteiger partial charge in [0.1, 0.15) is 0 Å². The first-order chi connectivity index (χ1) is 5.65. The van der Waals surface area contributed by atoms with Crippen LogP contribution < -0.4 is 5.73 Å². The van der Waals surface area contributed by atoms with Gasteiger partial charge < -0.3 is 15.7 Å². The standard InChI is InChI=1S/C8H16N2O2/c1-6-4-10(3-2-9)5-7(6)8(11)12/h6-7H,2-5,9H2,1H3,(H,11,12)/t6-,7-/m1/s1. The Bertz CT molecular complexity index is 172. The lowest BCUT2D eigenvalue weighted by Crippen LogP contribution is -2.28. The fourth-order valence-electron chi connectivity index (χ4n) is 1.75. The molecule has 70 valence electrons. The lowest BCUT2D eigenvalue weighted by atomic mass is 9.99. The number of carboxylic acid groups (broad SMARTS) is 1. The summed E-state index contributed by atoms with van der Waals surface area (Å²) in [5.41, 5.74) is 5.39. The molecule has 0 aromatic rings. The van der Waals surface area contributed by atoms with Crippen molar-refractivity contribution in [1.29, 1.82) is 0 Å². The average molecular weight is 172 g/mol. The highest BCUT2D eigenvalue weighted by molar-refractivity contribution is 5.71. The maximum atomic E-state index is 10.7. The minimum Gasteiger partial charge on any atom is -0.481 e. The maximum absolute atomic E-state index is 10.7. The van der Waals surface area contributed by atoms with E-state index in [2.05, 4.69) is 4.90 Å². The summed E-state index contributed by atoms with van der Waals surface area (Å²) >= 11 is 0. The molecule has 0 aliphatic carbocycles. The second kappa shape index (κ2) is 3.87. The number of hydrogen-bond donors (Lipinski definition) is 2. The van der Waals surface area contributed by atoms with Crippen LogP contribution >= 0.6 is 0 Å². The van der Waals surface area contributed by atoms with Crippen molar-refractivity contribution in [2.45, 2.75) is 6.92 Å². The fraction of sp³-hybridized carbons (Fsp3) is 0.875. The van der Waals surface area contributed by atoms with E-state index in [0.717, 1.165) is 13.1 Å². The zero-order valence-corrected chi connectivity index (χ0v) is 7.36. The molecule has 1 rings (SSSR count). The van der Waals surface area contributed by atoms with Crippen molar-refractivity contribution in [2.75, 3.05) is 26.2 Å². The van der Waals surface area contributed by atoms with Gasteiger partial charge in [0.15, 0.2) is 0 Å². The van der Waals surface area contributed by atoms with Gasteiger partial charge in [-0.15, -0.1) is 0 Å². The van der Waals surface area contributed by atoms with Gasteiger partial charge in [0.05, 0.1) is 5.92 Å². The minimum atomic E-state index is -0.679. The number of nitrogens with zero attached hydrogens (tertiary/aromatic N) is 1. The Labute approximate surface area is 72.3 Å². The molecule has 1 aliphatic heterocycles. The van der Waals surface area contributed by atoms with Crippen molar-refractivity contribution in [3.05, 3.63) is 0 Å². The number of likely N-dealkylation sites (tertiary alicyclic amines) is 1. The van der Waals surface area contributed by atoms with Crippen molar-refractivity contribution in [1.82, 2.24) is 4.90 Å². The third-order valence-corrected chi connectivity index (χ3v) is 2.45. The molecular formula is C8H16N2O2. The molecule has 0 bridgehead atoms. The van der Waals surface area contributed by atoms with E-state index >= 15 is 0 Å². The Morgan fingerprint density at radius 1 is 1.67 bits per heavy atom. The zero-order chi connectivity index (χ0) is 9.14. The van der Waals surface area contributed by atoms with Crippen LogP contribution in [0.25, 0.3) is 0 Å². The smallest absolute Gasteiger partial charge is 0.308 e. The topological polar surface area (TPSA) is 66.6 Å². The highest BCUT2D eigenvalue weighted by Crippen LogP contribution is 2.22. The van der Waals surface area contributed by atoms with Gasteiger partial charge >= 0.3 is 5.97 Å². The van der Waals surface area contributed by atoms with Crippen molar-refractivity contribution >= 4 is 5.97 Å². The second-order valence-electron chi connectivity index (χ2n) is 3.47. The Kier molecular flexibility index (Phi) is 3.05. The number of rotatable bonds is 3. The van der Waals surface area contributed by atoms with Crippen LogP contribution in [0, 0.1) is 11.8 Å². The number of carboxylic acids is 1. The third-order valence-electron chi connectivity index (χ3n) is 2.45. The van der Waals surface area contributed by atoms with Crippen LogP contribution in [-0.4, -0.2) is 42.2 Å². The first-order valence-electron chi connectivity index (χ1n) is 4.30. The lowest BCUT2D eigenvalue weighted by Gasteiger charge is -2.12. The van der Waals surface area contributed by atoms with E-state index in [-0.39, 0.29) is 11.8 Å².